The van der Waals surface area contributed by atoms with Crippen LogP contribution < -0.4 is 10.6 Å². The first-order valence-corrected chi connectivity index (χ1v) is 6.31. The van der Waals surface area contributed by atoms with Crippen molar-refractivity contribution in [2.24, 2.45) is 5.73 Å². The van der Waals surface area contributed by atoms with E-state index in [-0.39, 0.29) is 0 Å². The molecular formula is C13H19N3O3. The summed E-state index contributed by atoms with van der Waals surface area (Å²) >= 11 is 0. The zero-order valence-corrected chi connectivity index (χ0v) is 11.0. The first kappa shape index (κ1) is 13.8. The molecule has 1 saturated heterocycles. The Bertz CT molecular complexity index is 416. The second-order valence-electron chi connectivity index (χ2n) is 4.46. The highest BCUT2D eigenvalue weighted by molar-refractivity contribution is 5.75. The number of nitrogens with zero attached hydrogens (tertiary/aromatic N) is 2. The van der Waals surface area contributed by atoms with E-state index in [0.29, 0.717) is 6.42 Å². The summed E-state index contributed by atoms with van der Waals surface area (Å²) < 4.78 is 9.90. The van der Waals surface area contributed by atoms with Crippen molar-refractivity contribution in [3.8, 4) is 0 Å². The normalized spacial score (nSPS) is 17.1. The maximum atomic E-state index is 11.2. The minimum atomic E-state index is -0.638. The van der Waals surface area contributed by atoms with E-state index in [4.69, 9.17) is 10.5 Å². The Morgan fingerprint density at radius 3 is 2.84 bits per heavy atom. The smallest absolute Gasteiger partial charge is 0.322 e. The second kappa shape index (κ2) is 6.49. The number of pyridine rings is 1. The predicted molar refractivity (Wildman–Crippen MR) is 71.0 cm³/mol. The molecule has 1 aromatic rings. The van der Waals surface area contributed by atoms with Gasteiger partial charge in [0.05, 0.1) is 20.3 Å². The molecule has 6 nitrogen and oxygen atoms in total. The van der Waals surface area contributed by atoms with Gasteiger partial charge in [-0.3, -0.25) is 4.79 Å². The monoisotopic (exact) mass is 265 g/mol. The molecule has 1 aliphatic rings. The van der Waals surface area contributed by atoms with Crippen molar-refractivity contribution in [1.29, 1.82) is 0 Å². The number of nitrogens with two attached hydrogens (primary N) is 1. The molecule has 6 heteroatoms. The van der Waals surface area contributed by atoms with E-state index in [1.165, 1.54) is 7.11 Å². The molecule has 0 saturated carbocycles. The quantitative estimate of drug-likeness (QED) is 0.770. The van der Waals surface area contributed by atoms with Gasteiger partial charge in [0.25, 0.3) is 0 Å². The van der Waals surface area contributed by atoms with Crippen LogP contribution in [0.25, 0.3) is 0 Å². The molecular weight excluding hydrogens is 246 g/mol. The molecule has 1 fully saturated rings. The minimum absolute atomic E-state index is 0.405. The molecule has 0 amide bonds. The van der Waals surface area contributed by atoms with Crippen LogP contribution in [0.2, 0.25) is 0 Å². The van der Waals surface area contributed by atoms with Gasteiger partial charge in [0.15, 0.2) is 0 Å². The molecule has 0 spiro atoms. The minimum Gasteiger partial charge on any atom is -0.468 e. The maximum absolute atomic E-state index is 11.2. The first-order chi connectivity index (χ1) is 9.20. The topological polar surface area (TPSA) is 77.7 Å². The van der Waals surface area contributed by atoms with Crippen LogP contribution >= 0.6 is 0 Å². The summed E-state index contributed by atoms with van der Waals surface area (Å²) in [4.78, 5) is 17.8. The standard InChI is InChI=1S/C13H19N3O3/c1-18-13(17)11(14)8-10-2-3-12(15-9-10)16-4-6-19-7-5-16/h2-3,9,11H,4-8,14H2,1H3. The van der Waals surface area contributed by atoms with Crippen molar-refractivity contribution < 1.29 is 14.3 Å². The van der Waals surface area contributed by atoms with Gasteiger partial charge in [-0.2, -0.15) is 0 Å². The Morgan fingerprint density at radius 2 is 2.26 bits per heavy atom. The zero-order chi connectivity index (χ0) is 13.7. The highest BCUT2D eigenvalue weighted by atomic mass is 16.5. The summed E-state index contributed by atoms with van der Waals surface area (Å²) in [6, 6.07) is 3.26. The van der Waals surface area contributed by atoms with Gasteiger partial charge in [-0.1, -0.05) is 6.07 Å². The number of ether oxygens (including phenoxy) is 2. The molecule has 2 heterocycles. The maximum Gasteiger partial charge on any atom is 0.322 e. The number of carbonyl (C=O) groups excluding carboxylic acids is 1. The molecule has 0 aliphatic carbocycles. The van der Waals surface area contributed by atoms with Crippen molar-refractivity contribution in [2.75, 3.05) is 38.3 Å². The number of hydrogen-bond donors (Lipinski definition) is 1. The first-order valence-electron chi connectivity index (χ1n) is 6.31. The van der Waals surface area contributed by atoms with Crippen molar-refractivity contribution in [2.45, 2.75) is 12.5 Å². The van der Waals surface area contributed by atoms with Crippen molar-refractivity contribution in [3.05, 3.63) is 23.9 Å². The molecule has 2 N–H and O–H groups in total. The van der Waals surface area contributed by atoms with Gasteiger partial charge in [-0.05, 0) is 18.1 Å². The summed E-state index contributed by atoms with van der Waals surface area (Å²) in [6.07, 6.45) is 2.19. The molecule has 1 aromatic heterocycles. The Hall–Kier alpha value is -1.66. The van der Waals surface area contributed by atoms with Crippen LogP contribution in [0.4, 0.5) is 5.82 Å². The molecule has 1 aliphatic heterocycles. The number of anilines is 1. The number of morpholine rings is 1. The Balaban J connectivity index is 1.96. The van der Waals surface area contributed by atoms with E-state index in [1.54, 1.807) is 6.20 Å². The van der Waals surface area contributed by atoms with Crippen LogP contribution in [0.3, 0.4) is 0 Å². The van der Waals surface area contributed by atoms with E-state index < -0.39 is 12.0 Å². The zero-order valence-electron chi connectivity index (χ0n) is 11.0. The number of aromatic nitrogens is 1. The van der Waals surface area contributed by atoms with Crippen molar-refractivity contribution in [3.63, 3.8) is 0 Å². The van der Waals surface area contributed by atoms with E-state index >= 15 is 0 Å². The van der Waals surface area contributed by atoms with E-state index in [9.17, 15) is 4.79 Å². The fraction of sp³-hybridized carbons (Fsp3) is 0.538. The lowest BCUT2D eigenvalue weighted by Gasteiger charge is -2.27. The van der Waals surface area contributed by atoms with Gasteiger partial charge in [-0.25, -0.2) is 4.98 Å². The third-order valence-corrected chi connectivity index (χ3v) is 3.10. The lowest BCUT2D eigenvalue weighted by Crippen LogP contribution is -2.36. The van der Waals surface area contributed by atoms with Crippen LogP contribution in [0.5, 0.6) is 0 Å². The third kappa shape index (κ3) is 3.65. The van der Waals surface area contributed by atoms with Gasteiger partial charge in [0, 0.05) is 19.3 Å². The Morgan fingerprint density at radius 1 is 1.53 bits per heavy atom. The van der Waals surface area contributed by atoms with Gasteiger partial charge in [0.1, 0.15) is 11.9 Å². The summed E-state index contributed by atoms with van der Waals surface area (Å²) in [5.74, 6) is 0.524. The summed E-state index contributed by atoms with van der Waals surface area (Å²) in [6.45, 7) is 3.18. The van der Waals surface area contributed by atoms with Crippen LogP contribution in [0.15, 0.2) is 18.3 Å². The Kier molecular flexibility index (Phi) is 4.70. The van der Waals surface area contributed by atoms with E-state index in [1.807, 2.05) is 12.1 Å². The number of rotatable bonds is 4. The molecule has 19 heavy (non-hydrogen) atoms. The summed E-state index contributed by atoms with van der Waals surface area (Å²) in [5.41, 5.74) is 6.64. The third-order valence-electron chi connectivity index (χ3n) is 3.10. The van der Waals surface area contributed by atoms with Crippen molar-refractivity contribution >= 4 is 11.8 Å². The highest BCUT2D eigenvalue weighted by Gasteiger charge is 2.15. The number of methoxy groups -OCH3 is 1. The van der Waals surface area contributed by atoms with Crippen LogP contribution in [0, 0.1) is 0 Å². The fourth-order valence-electron chi connectivity index (χ4n) is 2.01. The molecule has 0 aromatic carbocycles. The second-order valence-corrected chi connectivity index (χ2v) is 4.46. The lowest BCUT2D eigenvalue weighted by molar-refractivity contribution is -0.142. The van der Waals surface area contributed by atoms with Crippen LogP contribution in [0.1, 0.15) is 5.56 Å². The largest absolute Gasteiger partial charge is 0.468 e. The molecule has 1 atom stereocenters. The average molecular weight is 265 g/mol. The summed E-state index contributed by atoms with van der Waals surface area (Å²) in [5, 5.41) is 0. The van der Waals surface area contributed by atoms with Crippen LogP contribution in [-0.2, 0) is 20.7 Å². The predicted octanol–water partition coefficient (Wildman–Crippen LogP) is -0.0390. The van der Waals surface area contributed by atoms with Crippen molar-refractivity contribution in [1.82, 2.24) is 4.98 Å². The summed E-state index contributed by atoms with van der Waals surface area (Å²) in [7, 11) is 1.34. The van der Waals surface area contributed by atoms with Gasteiger partial charge < -0.3 is 20.1 Å². The average Bonchev–Trinajstić information content (AvgIpc) is 2.48. The molecule has 2 rings (SSSR count). The van der Waals surface area contributed by atoms with Crippen LogP contribution in [-0.4, -0.2) is 50.4 Å². The van der Waals surface area contributed by atoms with Gasteiger partial charge in [-0.15, -0.1) is 0 Å². The van der Waals surface area contributed by atoms with E-state index in [2.05, 4.69) is 14.6 Å². The van der Waals surface area contributed by atoms with E-state index in [0.717, 1.165) is 37.7 Å². The molecule has 0 radical (unpaired) electrons. The SMILES string of the molecule is COC(=O)C(N)Cc1ccc(N2CCOCC2)nc1. The molecule has 104 valence electrons. The number of carbonyl (C=O) groups is 1. The molecule has 1 unspecified atom stereocenters. The van der Waals surface area contributed by atoms with Gasteiger partial charge in [0.2, 0.25) is 0 Å². The Labute approximate surface area is 112 Å². The lowest BCUT2D eigenvalue weighted by atomic mass is 10.1. The molecule has 0 bridgehead atoms. The number of esters is 1. The fourth-order valence-corrected chi connectivity index (χ4v) is 2.01. The number of hydrogen-bond acceptors (Lipinski definition) is 6. The van der Waals surface area contributed by atoms with Gasteiger partial charge >= 0.3 is 5.97 Å². The highest BCUT2D eigenvalue weighted by Crippen LogP contribution is 2.13.